The van der Waals surface area contributed by atoms with E-state index in [9.17, 15) is 19.8 Å². The number of rotatable bonds is 12. The minimum Gasteiger partial charge on any atom is -0.492 e. The third-order valence-corrected chi connectivity index (χ3v) is 5.08. The van der Waals surface area contributed by atoms with Gasteiger partial charge in [0.15, 0.2) is 0 Å². The van der Waals surface area contributed by atoms with Crippen LogP contribution in [0.1, 0.15) is 32.3 Å². The van der Waals surface area contributed by atoms with Gasteiger partial charge in [-0.1, -0.05) is 49.2 Å². The van der Waals surface area contributed by atoms with Crippen molar-refractivity contribution in [1.29, 1.82) is 0 Å². The molecule has 0 aliphatic carbocycles. The molecule has 0 saturated carbocycles. The molecule has 0 fully saturated rings. The minimum absolute atomic E-state index is 0.113. The fourth-order valence-electron chi connectivity index (χ4n) is 3.12. The zero-order chi connectivity index (χ0) is 22.1. The molecular formula is C22H27ClN2O5. The molecule has 0 saturated heterocycles. The molecule has 2 aromatic rings. The van der Waals surface area contributed by atoms with Gasteiger partial charge in [0.1, 0.15) is 16.8 Å². The van der Waals surface area contributed by atoms with Gasteiger partial charge in [0.25, 0.3) is 0 Å². The van der Waals surface area contributed by atoms with Crippen LogP contribution in [0.2, 0.25) is 5.02 Å². The third kappa shape index (κ3) is 6.43. The standard InChI is InChI=1S/C22H27ClN2O5/c1-3-5-16(21(26)27)13-25-17(22(28)29)12-14-6-8-15(9-7-14)20-19(23)18(30-4-2)10-11-24-20/h6-11,16-17,25H,3-5,12-13H2,1-2H3,(H,26,27)(H,28,29). The maximum absolute atomic E-state index is 11.6. The van der Waals surface area contributed by atoms with Gasteiger partial charge in [-0.25, -0.2) is 0 Å². The molecule has 1 heterocycles. The predicted molar refractivity (Wildman–Crippen MR) is 115 cm³/mol. The minimum atomic E-state index is -1.02. The Balaban J connectivity index is 2.10. The van der Waals surface area contributed by atoms with Crippen LogP contribution in [-0.4, -0.2) is 46.3 Å². The summed E-state index contributed by atoms with van der Waals surface area (Å²) in [6.45, 7) is 4.38. The molecule has 2 atom stereocenters. The van der Waals surface area contributed by atoms with E-state index < -0.39 is 23.9 Å². The van der Waals surface area contributed by atoms with Crippen molar-refractivity contribution in [3.05, 3.63) is 47.1 Å². The van der Waals surface area contributed by atoms with E-state index in [0.29, 0.717) is 29.5 Å². The quantitative estimate of drug-likeness (QED) is 0.465. The van der Waals surface area contributed by atoms with Crippen LogP contribution in [0.3, 0.4) is 0 Å². The van der Waals surface area contributed by atoms with Crippen LogP contribution >= 0.6 is 11.6 Å². The van der Waals surface area contributed by atoms with E-state index >= 15 is 0 Å². The number of carbonyl (C=O) groups is 2. The number of nitrogens with zero attached hydrogens (tertiary/aromatic N) is 1. The number of ether oxygens (including phenoxy) is 1. The van der Waals surface area contributed by atoms with Gasteiger partial charge >= 0.3 is 11.9 Å². The highest BCUT2D eigenvalue weighted by molar-refractivity contribution is 6.34. The summed E-state index contributed by atoms with van der Waals surface area (Å²) in [6.07, 6.45) is 3.07. The van der Waals surface area contributed by atoms with Crippen molar-refractivity contribution < 1.29 is 24.5 Å². The van der Waals surface area contributed by atoms with Crippen molar-refractivity contribution in [2.45, 2.75) is 39.2 Å². The summed E-state index contributed by atoms with van der Waals surface area (Å²) in [6, 6.07) is 8.12. The lowest BCUT2D eigenvalue weighted by molar-refractivity contribution is -0.143. The molecule has 0 spiro atoms. The van der Waals surface area contributed by atoms with Gasteiger partial charge in [-0.2, -0.15) is 0 Å². The zero-order valence-corrected chi connectivity index (χ0v) is 17.9. The first-order chi connectivity index (χ1) is 14.4. The average molecular weight is 435 g/mol. The molecule has 0 aliphatic heterocycles. The fourth-order valence-corrected chi connectivity index (χ4v) is 3.40. The van der Waals surface area contributed by atoms with E-state index in [1.807, 2.05) is 38.1 Å². The Morgan fingerprint density at radius 3 is 2.40 bits per heavy atom. The summed E-state index contributed by atoms with van der Waals surface area (Å²) in [5.74, 6) is -1.99. The molecule has 30 heavy (non-hydrogen) atoms. The lowest BCUT2D eigenvalue weighted by Gasteiger charge is -2.18. The number of hydrogen-bond donors (Lipinski definition) is 3. The Morgan fingerprint density at radius 2 is 1.83 bits per heavy atom. The predicted octanol–water partition coefficient (Wildman–Crippen LogP) is 3.89. The van der Waals surface area contributed by atoms with E-state index in [4.69, 9.17) is 16.3 Å². The molecule has 2 rings (SSSR count). The molecule has 0 amide bonds. The fraction of sp³-hybridized carbons (Fsp3) is 0.409. The number of benzene rings is 1. The Kier molecular flexibility index (Phi) is 9.08. The Morgan fingerprint density at radius 1 is 1.13 bits per heavy atom. The van der Waals surface area contributed by atoms with Gasteiger partial charge in [0.2, 0.25) is 0 Å². The first-order valence-electron chi connectivity index (χ1n) is 9.92. The SMILES string of the molecule is CCCC(CNC(Cc1ccc(-c2nccc(OCC)c2Cl)cc1)C(=O)O)C(=O)O. The lowest BCUT2D eigenvalue weighted by Crippen LogP contribution is -2.42. The van der Waals surface area contributed by atoms with Crippen LogP contribution < -0.4 is 10.1 Å². The van der Waals surface area contributed by atoms with E-state index in [1.54, 1.807) is 12.3 Å². The van der Waals surface area contributed by atoms with Crippen molar-refractivity contribution in [3.63, 3.8) is 0 Å². The summed E-state index contributed by atoms with van der Waals surface area (Å²) in [7, 11) is 0. The van der Waals surface area contributed by atoms with Crippen molar-refractivity contribution in [2.75, 3.05) is 13.2 Å². The van der Waals surface area contributed by atoms with Crippen LogP contribution in [0.25, 0.3) is 11.3 Å². The first kappa shape index (κ1) is 23.6. The highest BCUT2D eigenvalue weighted by Crippen LogP contribution is 2.33. The molecular weight excluding hydrogens is 408 g/mol. The number of nitrogens with one attached hydrogen (secondary N) is 1. The van der Waals surface area contributed by atoms with Crippen molar-refractivity contribution >= 4 is 23.5 Å². The van der Waals surface area contributed by atoms with Gasteiger partial charge < -0.3 is 20.3 Å². The normalized spacial score (nSPS) is 12.9. The Bertz CT molecular complexity index is 857. The molecule has 1 aromatic carbocycles. The van der Waals surface area contributed by atoms with Crippen LogP contribution in [0.4, 0.5) is 0 Å². The van der Waals surface area contributed by atoms with E-state index in [-0.39, 0.29) is 13.0 Å². The molecule has 0 bridgehead atoms. The average Bonchev–Trinajstić information content (AvgIpc) is 2.72. The second-order valence-corrected chi connectivity index (χ2v) is 7.31. The largest absolute Gasteiger partial charge is 0.492 e. The van der Waals surface area contributed by atoms with Crippen LogP contribution in [0.15, 0.2) is 36.5 Å². The molecule has 0 aliphatic rings. The smallest absolute Gasteiger partial charge is 0.321 e. The van der Waals surface area contributed by atoms with Crippen molar-refractivity contribution in [3.8, 4) is 17.0 Å². The van der Waals surface area contributed by atoms with Gasteiger partial charge in [0, 0.05) is 24.4 Å². The maximum Gasteiger partial charge on any atom is 0.321 e. The van der Waals surface area contributed by atoms with Crippen LogP contribution in [-0.2, 0) is 16.0 Å². The number of carboxylic acids is 2. The van der Waals surface area contributed by atoms with Crippen LogP contribution in [0, 0.1) is 5.92 Å². The van der Waals surface area contributed by atoms with Gasteiger partial charge in [-0.15, -0.1) is 0 Å². The van der Waals surface area contributed by atoms with Crippen molar-refractivity contribution in [2.24, 2.45) is 5.92 Å². The molecule has 2 unspecified atom stereocenters. The second-order valence-electron chi connectivity index (χ2n) is 6.93. The molecule has 7 nitrogen and oxygen atoms in total. The zero-order valence-electron chi connectivity index (χ0n) is 17.1. The highest BCUT2D eigenvalue weighted by Gasteiger charge is 2.22. The van der Waals surface area contributed by atoms with Crippen molar-refractivity contribution in [1.82, 2.24) is 10.3 Å². The summed E-state index contributed by atoms with van der Waals surface area (Å²) < 4.78 is 5.49. The number of halogens is 1. The maximum atomic E-state index is 11.6. The van der Waals surface area contributed by atoms with Gasteiger partial charge in [-0.05, 0) is 25.3 Å². The number of carboxylic acid groups (broad SMARTS) is 2. The summed E-state index contributed by atoms with van der Waals surface area (Å²) in [5, 5.41) is 22.1. The van der Waals surface area contributed by atoms with E-state index in [0.717, 1.165) is 17.5 Å². The molecule has 162 valence electrons. The number of pyridine rings is 1. The van der Waals surface area contributed by atoms with Crippen LogP contribution in [0.5, 0.6) is 5.75 Å². The Labute approximate surface area is 181 Å². The highest BCUT2D eigenvalue weighted by atomic mass is 35.5. The first-order valence-corrected chi connectivity index (χ1v) is 10.3. The lowest BCUT2D eigenvalue weighted by atomic mass is 10.0. The summed E-state index contributed by atoms with van der Waals surface area (Å²) >= 11 is 6.39. The Hall–Kier alpha value is -2.64. The monoisotopic (exact) mass is 434 g/mol. The molecule has 8 heteroatoms. The summed E-state index contributed by atoms with van der Waals surface area (Å²) in [4.78, 5) is 27.2. The number of aromatic nitrogens is 1. The number of aliphatic carboxylic acids is 2. The molecule has 0 radical (unpaired) electrons. The van der Waals surface area contributed by atoms with E-state index in [2.05, 4.69) is 10.3 Å². The second kappa shape index (κ2) is 11.5. The van der Waals surface area contributed by atoms with Gasteiger partial charge in [-0.3, -0.25) is 14.6 Å². The van der Waals surface area contributed by atoms with Gasteiger partial charge in [0.05, 0.1) is 18.2 Å². The summed E-state index contributed by atoms with van der Waals surface area (Å²) in [5.41, 5.74) is 2.18. The number of hydrogen-bond acceptors (Lipinski definition) is 5. The van der Waals surface area contributed by atoms with E-state index in [1.165, 1.54) is 0 Å². The topological polar surface area (TPSA) is 109 Å². The molecule has 3 N–H and O–H groups in total. The third-order valence-electron chi connectivity index (χ3n) is 4.72. The molecule has 1 aromatic heterocycles.